The van der Waals surface area contributed by atoms with Gasteiger partial charge >= 0.3 is 5.97 Å². The SMILES string of the molecule is CCCCCCCCCCCCCCCC(=O)NCCOC(=O)CCCCCCC. The van der Waals surface area contributed by atoms with Crippen LogP contribution in [0.4, 0.5) is 0 Å². The van der Waals surface area contributed by atoms with Gasteiger partial charge < -0.3 is 10.1 Å². The van der Waals surface area contributed by atoms with Crippen LogP contribution in [0.25, 0.3) is 0 Å². The summed E-state index contributed by atoms with van der Waals surface area (Å²) < 4.78 is 5.17. The molecule has 0 atom stereocenters. The lowest BCUT2D eigenvalue weighted by Gasteiger charge is -2.07. The molecule has 0 radical (unpaired) electrons. The molecule has 4 heteroatoms. The minimum absolute atomic E-state index is 0.0775. The Morgan fingerprint density at radius 2 is 0.967 bits per heavy atom. The highest BCUT2D eigenvalue weighted by atomic mass is 16.5. The summed E-state index contributed by atoms with van der Waals surface area (Å²) in [6.45, 7) is 5.17. The van der Waals surface area contributed by atoms with Crippen molar-refractivity contribution in [2.24, 2.45) is 0 Å². The van der Waals surface area contributed by atoms with Gasteiger partial charge in [-0.25, -0.2) is 0 Å². The normalized spacial score (nSPS) is 10.9. The van der Waals surface area contributed by atoms with E-state index < -0.39 is 0 Å². The lowest BCUT2D eigenvalue weighted by Crippen LogP contribution is -2.27. The molecule has 1 N–H and O–H groups in total. The van der Waals surface area contributed by atoms with Crippen LogP contribution in [0.1, 0.15) is 142 Å². The Hall–Kier alpha value is -1.06. The summed E-state index contributed by atoms with van der Waals surface area (Å²) in [7, 11) is 0. The van der Waals surface area contributed by atoms with Crippen LogP contribution in [-0.4, -0.2) is 25.0 Å². The molecule has 0 aromatic heterocycles. The van der Waals surface area contributed by atoms with Gasteiger partial charge in [-0.1, -0.05) is 117 Å². The molecule has 0 saturated heterocycles. The zero-order valence-corrected chi connectivity index (χ0v) is 20.3. The fraction of sp³-hybridized carbons (Fsp3) is 0.923. The van der Waals surface area contributed by atoms with Crippen LogP contribution in [0.15, 0.2) is 0 Å². The summed E-state index contributed by atoms with van der Waals surface area (Å²) in [4.78, 5) is 23.4. The van der Waals surface area contributed by atoms with Crippen molar-refractivity contribution < 1.29 is 14.3 Å². The van der Waals surface area contributed by atoms with E-state index in [1.807, 2.05) is 0 Å². The van der Waals surface area contributed by atoms with E-state index >= 15 is 0 Å². The summed E-state index contributed by atoms with van der Waals surface area (Å²) in [5, 5.41) is 2.85. The molecule has 0 spiro atoms. The highest BCUT2D eigenvalue weighted by Gasteiger charge is 2.04. The first-order valence-electron chi connectivity index (χ1n) is 13.1. The molecule has 30 heavy (non-hydrogen) atoms. The number of hydrogen-bond acceptors (Lipinski definition) is 3. The van der Waals surface area contributed by atoms with Crippen LogP contribution in [0, 0.1) is 0 Å². The standard InChI is InChI=1S/C26H51NO3/c1-3-5-7-9-10-11-12-13-14-15-16-18-19-21-25(28)27-23-24-30-26(29)22-20-17-8-6-4-2/h3-24H2,1-2H3,(H,27,28). The molecule has 0 rings (SSSR count). The van der Waals surface area contributed by atoms with E-state index in [0.717, 1.165) is 25.7 Å². The van der Waals surface area contributed by atoms with E-state index in [1.165, 1.54) is 89.9 Å². The second kappa shape index (κ2) is 24.2. The maximum absolute atomic E-state index is 11.8. The molecule has 0 fully saturated rings. The van der Waals surface area contributed by atoms with Crippen LogP contribution in [0.2, 0.25) is 0 Å². The average Bonchev–Trinajstić information content (AvgIpc) is 2.74. The van der Waals surface area contributed by atoms with Gasteiger partial charge in [0.05, 0.1) is 6.54 Å². The molecular formula is C26H51NO3. The van der Waals surface area contributed by atoms with Crippen LogP contribution >= 0.6 is 0 Å². The summed E-state index contributed by atoms with van der Waals surface area (Å²) in [5.41, 5.74) is 0. The Bertz CT molecular complexity index is 384. The van der Waals surface area contributed by atoms with Gasteiger partial charge in [0.15, 0.2) is 0 Å². The van der Waals surface area contributed by atoms with Crippen molar-refractivity contribution >= 4 is 11.9 Å². The van der Waals surface area contributed by atoms with E-state index in [1.54, 1.807) is 0 Å². The molecule has 0 aliphatic rings. The van der Waals surface area contributed by atoms with Crippen LogP contribution in [0.3, 0.4) is 0 Å². The molecule has 0 saturated carbocycles. The maximum Gasteiger partial charge on any atom is 0.305 e. The van der Waals surface area contributed by atoms with Crippen molar-refractivity contribution in [1.29, 1.82) is 0 Å². The first-order chi connectivity index (χ1) is 14.7. The fourth-order valence-electron chi connectivity index (χ4n) is 3.69. The second-order valence-corrected chi connectivity index (χ2v) is 8.73. The smallest absolute Gasteiger partial charge is 0.305 e. The largest absolute Gasteiger partial charge is 0.464 e. The van der Waals surface area contributed by atoms with Gasteiger partial charge in [-0.2, -0.15) is 0 Å². The van der Waals surface area contributed by atoms with Crippen LogP contribution < -0.4 is 5.32 Å². The second-order valence-electron chi connectivity index (χ2n) is 8.73. The number of rotatable bonds is 23. The molecule has 0 aromatic rings. The number of amides is 1. The zero-order valence-electron chi connectivity index (χ0n) is 20.3. The molecule has 1 amide bonds. The van der Waals surface area contributed by atoms with E-state index in [4.69, 9.17) is 4.74 Å². The summed E-state index contributed by atoms with van der Waals surface area (Å²) >= 11 is 0. The Balaban J connectivity index is 3.26. The number of esters is 1. The quantitative estimate of drug-likeness (QED) is 0.136. The monoisotopic (exact) mass is 425 g/mol. The molecule has 0 unspecified atom stereocenters. The lowest BCUT2D eigenvalue weighted by molar-refractivity contribution is -0.144. The molecule has 0 aromatic carbocycles. The number of carbonyl (C=O) groups excluding carboxylic acids is 2. The number of hydrogen-bond donors (Lipinski definition) is 1. The summed E-state index contributed by atoms with van der Waals surface area (Å²) in [6.07, 6.45) is 23.8. The Morgan fingerprint density at radius 3 is 1.43 bits per heavy atom. The summed E-state index contributed by atoms with van der Waals surface area (Å²) in [6, 6.07) is 0. The van der Waals surface area contributed by atoms with Crippen molar-refractivity contribution in [3.8, 4) is 0 Å². The van der Waals surface area contributed by atoms with Crippen LogP contribution in [-0.2, 0) is 14.3 Å². The highest BCUT2D eigenvalue weighted by Crippen LogP contribution is 2.13. The molecule has 0 aliphatic carbocycles. The first kappa shape index (κ1) is 28.9. The van der Waals surface area contributed by atoms with Crippen molar-refractivity contribution in [2.45, 2.75) is 142 Å². The predicted molar refractivity (Wildman–Crippen MR) is 128 cm³/mol. The van der Waals surface area contributed by atoms with Gasteiger partial charge in [-0.15, -0.1) is 0 Å². The summed E-state index contributed by atoms with van der Waals surface area (Å²) in [5.74, 6) is -0.0640. The lowest BCUT2D eigenvalue weighted by atomic mass is 10.0. The Morgan fingerprint density at radius 1 is 0.567 bits per heavy atom. The number of unbranched alkanes of at least 4 members (excludes halogenated alkanes) is 16. The van der Waals surface area contributed by atoms with Gasteiger partial charge in [0.2, 0.25) is 5.91 Å². The van der Waals surface area contributed by atoms with E-state index in [0.29, 0.717) is 19.4 Å². The van der Waals surface area contributed by atoms with Crippen molar-refractivity contribution in [3.05, 3.63) is 0 Å². The third-order valence-corrected chi connectivity index (χ3v) is 5.68. The molecule has 0 heterocycles. The van der Waals surface area contributed by atoms with Gasteiger partial charge in [0.25, 0.3) is 0 Å². The van der Waals surface area contributed by atoms with Gasteiger partial charge in [-0.05, 0) is 12.8 Å². The van der Waals surface area contributed by atoms with E-state index in [9.17, 15) is 9.59 Å². The molecule has 0 bridgehead atoms. The van der Waals surface area contributed by atoms with Gasteiger partial charge in [-0.3, -0.25) is 9.59 Å². The Kier molecular flexibility index (Phi) is 23.4. The molecule has 178 valence electrons. The first-order valence-corrected chi connectivity index (χ1v) is 13.1. The van der Waals surface area contributed by atoms with Crippen molar-refractivity contribution in [1.82, 2.24) is 5.32 Å². The van der Waals surface area contributed by atoms with E-state index in [-0.39, 0.29) is 18.5 Å². The maximum atomic E-state index is 11.8. The highest BCUT2D eigenvalue weighted by molar-refractivity contribution is 5.75. The van der Waals surface area contributed by atoms with Crippen LogP contribution in [0.5, 0.6) is 0 Å². The third-order valence-electron chi connectivity index (χ3n) is 5.68. The van der Waals surface area contributed by atoms with Crippen molar-refractivity contribution in [2.75, 3.05) is 13.2 Å². The molecular weight excluding hydrogens is 374 g/mol. The third kappa shape index (κ3) is 23.2. The average molecular weight is 426 g/mol. The predicted octanol–water partition coefficient (Wildman–Crippen LogP) is 7.49. The number of carbonyl (C=O) groups is 2. The van der Waals surface area contributed by atoms with E-state index in [2.05, 4.69) is 19.2 Å². The Labute approximate surface area is 187 Å². The molecule has 4 nitrogen and oxygen atoms in total. The fourth-order valence-corrected chi connectivity index (χ4v) is 3.69. The zero-order chi connectivity index (χ0) is 22.1. The number of nitrogens with one attached hydrogen (secondary N) is 1. The topological polar surface area (TPSA) is 55.4 Å². The minimum atomic E-state index is -0.141. The number of ether oxygens (including phenoxy) is 1. The van der Waals surface area contributed by atoms with Gasteiger partial charge in [0, 0.05) is 12.8 Å². The molecule has 0 aliphatic heterocycles. The van der Waals surface area contributed by atoms with Gasteiger partial charge in [0.1, 0.15) is 6.61 Å². The minimum Gasteiger partial charge on any atom is -0.464 e. The van der Waals surface area contributed by atoms with Crippen molar-refractivity contribution in [3.63, 3.8) is 0 Å².